The summed E-state index contributed by atoms with van der Waals surface area (Å²) in [5.41, 5.74) is 1.71. The molecule has 1 aromatic carbocycles. The Kier molecular flexibility index (Phi) is 6.08. The summed E-state index contributed by atoms with van der Waals surface area (Å²) < 4.78 is 3.58. The monoisotopic (exact) mass is 528 g/mol. The van der Waals surface area contributed by atoms with Crippen molar-refractivity contribution in [2.45, 2.75) is 37.4 Å². The Morgan fingerprint density at radius 1 is 1.11 bits per heavy atom. The summed E-state index contributed by atoms with van der Waals surface area (Å²) in [5, 5.41) is 10.8. The van der Waals surface area contributed by atoms with Crippen molar-refractivity contribution in [3.05, 3.63) is 50.1 Å². The summed E-state index contributed by atoms with van der Waals surface area (Å²) in [6.45, 7) is 3.37. The maximum absolute atomic E-state index is 13.9. The molecule has 0 spiro atoms. The highest BCUT2D eigenvalue weighted by atomic mass is 35.5. The largest absolute Gasteiger partial charge is 0.342 e. The molecule has 0 N–H and O–H groups in total. The number of rotatable bonds is 4. The number of carbonyl (C=O) groups excluding carboxylic acids is 1. The zero-order chi connectivity index (χ0) is 24.1. The summed E-state index contributed by atoms with van der Waals surface area (Å²) in [4.78, 5) is 33.0. The minimum Gasteiger partial charge on any atom is -0.342 e. The van der Waals surface area contributed by atoms with Crippen molar-refractivity contribution in [3.8, 4) is 5.69 Å². The zero-order valence-electron chi connectivity index (χ0n) is 19.4. The van der Waals surface area contributed by atoms with Gasteiger partial charge in [-0.05, 0) is 62.6 Å². The molecule has 0 aliphatic carbocycles. The molecule has 0 unspecified atom stereocenters. The first-order valence-corrected chi connectivity index (χ1v) is 14.0. The molecule has 0 bridgehead atoms. The predicted octanol–water partition coefficient (Wildman–Crippen LogP) is 3.84. The van der Waals surface area contributed by atoms with Crippen LogP contribution in [0, 0.1) is 0 Å². The van der Waals surface area contributed by atoms with Crippen molar-refractivity contribution in [2.24, 2.45) is 0 Å². The number of halogens is 1. The van der Waals surface area contributed by atoms with Crippen LogP contribution in [0.3, 0.4) is 0 Å². The maximum Gasteiger partial charge on any atom is 0.268 e. The number of likely N-dealkylation sites (N-methyl/N-ethyl adjacent to an activating group) is 1. The van der Waals surface area contributed by atoms with Crippen LogP contribution in [-0.4, -0.2) is 67.3 Å². The second kappa shape index (κ2) is 9.24. The van der Waals surface area contributed by atoms with Gasteiger partial charge in [0, 0.05) is 36.1 Å². The number of benzene rings is 1. The minimum atomic E-state index is -0.0924. The highest BCUT2D eigenvalue weighted by molar-refractivity contribution is 7.99. The van der Waals surface area contributed by atoms with E-state index >= 15 is 0 Å². The van der Waals surface area contributed by atoms with Crippen LogP contribution in [-0.2, 0) is 17.8 Å². The molecule has 35 heavy (non-hydrogen) atoms. The van der Waals surface area contributed by atoms with Gasteiger partial charge in [-0.2, -0.15) is 0 Å². The van der Waals surface area contributed by atoms with E-state index < -0.39 is 0 Å². The van der Waals surface area contributed by atoms with Crippen LogP contribution in [0.2, 0.25) is 5.02 Å². The Morgan fingerprint density at radius 2 is 1.89 bits per heavy atom. The zero-order valence-corrected chi connectivity index (χ0v) is 21.8. The molecule has 11 heteroatoms. The number of hydrogen-bond donors (Lipinski definition) is 0. The van der Waals surface area contributed by atoms with Gasteiger partial charge in [0.25, 0.3) is 5.56 Å². The molecule has 1 fully saturated rings. The lowest BCUT2D eigenvalue weighted by atomic mass is 10.1. The average molecular weight is 529 g/mol. The lowest BCUT2D eigenvalue weighted by Gasteiger charge is -2.26. The van der Waals surface area contributed by atoms with Crippen LogP contribution >= 0.6 is 34.7 Å². The summed E-state index contributed by atoms with van der Waals surface area (Å²) >= 11 is 9.14. The van der Waals surface area contributed by atoms with Crippen LogP contribution in [0.4, 0.5) is 0 Å². The van der Waals surface area contributed by atoms with Gasteiger partial charge in [0.15, 0.2) is 5.16 Å². The van der Waals surface area contributed by atoms with Gasteiger partial charge in [-0.3, -0.25) is 9.59 Å². The Bertz CT molecular complexity index is 1490. The lowest BCUT2D eigenvalue weighted by Crippen LogP contribution is -2.36. The normalized spacial score (nSPS) is 16.8. The van der Waals surface area contributed by atoms with E-state index in [0.717, 1.165) is 61.2 Å². The van der Waals surface area contributed by atoms with Gasteiger partial charge < -0.3 is 9.80 Å². The number of thioether (sulfide) groups is 1. The van der Waals surface area contributed by atoms with E-state index in [1.54, 1.807) is 28.0 Å². The SMILES string of the molecule is CN1CCc2c(sc3c2c(=O)n(-c2ccc(Cl)cc2)c2nnc(SCC(=O)N4CCCCC4)n32)C1. The van der Waals surface area contributed by atoms with Gasteiger partial charge >= 0.3 is 0 Å². The molecule has 0 atom stereocenters. The third-order valence-corrected chi connectivity index (χ3v) is 9.15. The molecule has 0 radical (unpaired) electrons. The molecular weight excluding hydrogens is 504 g/mol. The number of carbonyl (C=O) groups is 1. The Balaban J connectivity index is 1.50. The molecule has 0 saturated carbocycles. The van der Waals surface area contributed by atoms with E-state index in [1.807, 2.05) is 21.4 Å². The molecule has 182 valence electrons. The van der Waals surface area contributed by atoms with Crippen LogP contribution in [0.5, 0.6) is 0 Å². The van der Waals surface area contributed by atoms with E-state index in [9.17, 15) is 9.59 Å². The number of fused-ring (bicyclic) bond motifs is 5. The first kappa shape index (κ1) is 23.0. The standard InChI is InChI=1S/C24H25ClN6O2S2/c1-28-12-9-17-18(13-28)35-22-20(17)21(33)30(16-7-5-15(25)6-8-16)23-26-27-24(31(22)23)34-14-19(32)29-10-3-2-4-11-29/h5-8H,2-4,9-14H2,1H3. The van der Waals surface area contributed by atoms with Gasteiger partial charge in [-0.1, -0.05) is 23.4 Å². The van der Waals surface area contributed by atoms with Crippen molar-refractivity contribution < 1.29 is 4.79 Å². The molecular formula is C24H25ClN6O2S2. The van der Waals surface area contributed by atoms with E-state index in [0.29, 0.717) is 27.4 Å². The number of aromatic nitrogens is 4. The van der Waals surface area contributed by atoms with E-state index in [1.165, 1.54) is 23.1 Å². The van der Waals surface area contributed by atoms with Crippen LogP contribution in [0.25, 0.3) is 21.7 Å². The summed E-state index contributed by atoms with van der Waals surface area (Å²) in [6, 6.07) is 7.18. The topological polar surface area (TPSA) is 75.7 Å². The molecule has 2 aliphatic rings. The molecule has 5 heterocycles. The third kappa shape index (κ3) is 4.06. The summed E-state index contributed by atoms with van der Waals surface area (Å²) in [5.74, 6) is 0.876. The number of piperidine rings is 1. The molecule has 2 aliphatic heterocycles. The van der Waals surface area contributed by atoms with Crippen molar-refractivity contribution in [1.29, 1.82) is 0 Å². The fraction of sp³-hybridized carbons (Fsp3) is 0.417. The predicted molar refractivity (Wildman–Crippen MR) is 140 cm³/mol. The molecule has 3 aromatic heterocycles. The molecule has 6 rings (SSSR count). The first-order chi connectivity index (χ1) is 17.0. The average Bonchev–Trinajstić information content (AvgIpc) is 3.45. The third-order valence-electron chi connectivity index (χ3n) is 6.78. The van der Waals surface area contributed by atoms with Gasteiger partial charge in [0.05, 0.1) is 16.8 Å². The van der Waals surface area contributed by atoms with Crippen molar-refractivity contribution in [1.82, 2.24) is 29.0 Å². The van der Waals surface area contributed by atoms with Gasteiger partial charge in [-0.25, -0.2) is 8.97 Å². The smallest absolute Gasteiger partial charge is 0.268 e. The molecule has 1 saturated heterocycles. The first-order valence-electron chi connectivity index (χ1n) is 11.8. The quantitative estimate of drug-likeness (QED) is 0.375. The molecule has 8 nitrogen and oxygen atoms in total. The number of nitrogens with zero attached hydrogens (tertiary/aromatic N) is 6. The number of likely N-dealkylation sites (tertiary alicyclic amines) is 1. The second-order valence-corrected chi connectivity index (χ2v) is 11.6. The number of amides is 1. The summed E-state index contributed by atoms with van der Waals surface area (Å²) in [6.07, 6.45) is 4.14. The number of thiophene rings is 1. The van der Waals surface area contributed by atoms with E-state index in [4.69, 9.17) is 11.6 Å². The van der Waals surface area contributed by atoms with E-state index in [2.05, 4.69) is 22.1 Å². The summed E-state index contributed by atoms with van der Waals surface area (Å²) in [7, 11) is 2.10. The van der Waals surface area contributed by atoms with Gasteiger partial charge in [-0.15, -0.1) is 21.5 Å². The fourth-order valence-electron chi connectivity index (χ4n) is 4.96. The Labute approximate surface area is 215 Å². The highest BCUT2D eigenvalue weighted by Gasteiger charge is 2.27. The van der Waals surface area contributed by atoms with E-state index in [-0.39, 0.29) is 11.5 Å². The molecule has 4 aromatic rings. The van der Waals surface area contributed by atoms with Crippen LogP contribution < -0.4 is 5.56 Å². The number of hydrogen-bond acceptors (Lipinski definition) is 7. The van der Waals surface area contributed by atoms with Crippen molar-refractivity contribution >= 4 is 56.6 Å². The van der Waals surface area contributed by atoms with Gasteiger partial charge in [0.1, 0.15) is 4.83 Å². The molecule has 1 amide bonds. The highest BCUT2D eigenvalue weighted by Crippen LogP contribution is 2.35. The Morgan fingerprint density at radius 3 is 2.66 bits per heavy atom. The Hall–Kier alpha value is -2.40. The lowest BCUT2D eigenvalue weighted by molar-refractivity contribution is -0.129. The maximum atomic E-state index is 13.9. The van der Waals surface area contributed by atoms with Crippen molar-refractivity contribution in [3.63, 3.8) is 0 Å². The van der Waals surface area contributed by atoms with Gasteiger partial charge in [0.2, 0.25) is 11.7 Å². The fourth-order valence-corrected chi connectivity index (χ4v) is 7.40. The van der Waals surface area contributed by atoms with Crippen LogP contribution in [0.15, 0.2) is 34.2 Å². The van der Waals surface area contributed by atoms with Crippen molar-refractivity contribution in [2.75, 3.05) is 32.4 Å². The van der Waals surface area contributed by atoms with Crippen LogP contribution in [0.1, 0.15) is 29.7 Å². The minimum absolute atomic E-state index is 0.0924. The second-order valence-electron chi connectivity index (χ2n) is 9.14.